The minimum atomic E-state index is -3.10. The molecule has 2 rings (SSSR count). The maximum atomic E-state index is 12.0. The summed E-state index contributed by atoms with van der Waals surface area (Å²) in [6, 6.07) is 0.806. The fraction of sp³-hybridized carbons (Fsp3) is 1.00. The summed E-state index contributed by atoms with van der Waals surface area (Å²) in [5.41, 5.74) is 0.277. The molecule has 0 aromatic rings. The lowest BCUT2D eigenvalue weighted by Crippen LogP contribution is -2.41. The first-order chi connectivity index (χ1) is 8.86. The van der Waals surface area contributed by atoms with Crippen LogP contribution in [-0.4, -0.2) is 32.8 Å². The fourth-order valence-electron chi connectivity index (χ4n) is 2.97. The Morgan fingerprint density at radius 3 is 2.53 bits per heavy atom. The second kappa shape index (κ2) is 6.10. The molecule has 0 amide bonds. The van der Waals surface area contributed by atoms with Gasteiger partial charge < -0.3 is 5.32 Å². The molecule has 0 bridgehead atoms. The minimum absolute atomic E-state index is 0.144. The van der Waals surface area contributed by atoms with E-state index in [9.17, 15) is 8.42 Å². The first-order valence-electron chi connectivity index (χ1n) is 7.60. The quantitative estimate of drug-likeness (QED) is 0.705. The lowest BCUT2D eigenvalue weighted by Gasteiger charge is -2.35. The predicted octanol–water partition coefficient (Wildman–Crippen LogP) is 2.02. The molecule has 1 unspecified atom stereocenters. The molecule has 2 saturated carbocycles. The van der Waals surface area contributed by atoms with Gasteiger partial charge in [0.15, 0.2) is 0 Å². The second-order valence-electron chi connectivity index (χ2n) is 6.98. The summed E-state index contributed by atoms with van der Waals surface area (Å²) in [6.07, 6.45) is 7.50. The minimum Gasteiger partial charge on any atom is -0.314 e. The zero-order valence-electron chi connectivity index (χ0n) is 12.2. The van der Waals surface area contributed by atoms with Crippen LogP contribution in [0.4, 0.5) is 0 Å². The standard InChI is InChI=1S/C14H28N2O2S/c1-14(2)8-3-5-13(11-14)16-19(17,18)10-4-9-15-12-6-7-12/h12-13,15-16H,3-11H2,1-2H3. The zero-order chi connectivity index (χ0) is 13.9. The molecule has 0 radical (unpaired) electrons. The van der Waals surface area contributed by atoms with E-state index < -0.39 is 10.0 Å². The number of rotatable bonds is 7. The summed E-state index contributed by atoms with van der Waals surface area (Å²) in [6.45, 7) is 5.28. The van der Waals surface area contributed by atoms with Crippen LogP contribution in [0, 0.1) is 5.41 Å². The van der Waals surface area contributed by atoms with Crippen molar-refractivity contribution < 1.29 is 8.42 Å². The summed E-state index contributed by atoms with van der Waals surface area (Å²) < 4.78 is 27.0. The normalized spacial score (nSPS) is 27.4. The van der Waals surface area contributed by atoms with E-state index in [4.69, 9.17) is 0 Å². The van der Waals surface area contributed by atoms with Gasteiger partial charge in [-0.15, -0.1) is 0 Å². The molecule has 0 heterocycles. The van der Waals surface area contributed by atoms with Gasteiger partial charge in [0, 0.05) is 12.1 Å². The Morgan fingerprint density at radius 1 is 1.16 bits per heavy atom. The summed E-state index contributed by atoms with van der Waals surface area (Å²) in [5, 5.41) is 3.35. The van der Waals surface area contributed by atoms with Crippen LogP contribution < -0.4 is 10.0 Å². The largest absolute Gasteiger partial charge is 0.314 e. The molecule has 4 nitrogen and oxygen atoms in total. The molecule has 2 aliphatic rings. The van der Waals surface area contributed by atoms with E-state index in [0.717, 1.165) is 25.8 Å². The lowest BCUT2D eigenvalue weighted by atomic mass is 9.75. The molecule has 2 aliphatic carbocycles. The van der Waals surface area contributed by atoms with Crippen molar-refractivity contribution in [3.05, 3.63) is 0 Å². The van der Waals surface area contributed by atoms with Gasteiger partial charge in [-0.2, -0.15) is 0 Å². The van der Waals surface area contributed by atoms with Crippen LogP contribution in [0.2, 0.25) is 0 Å². The highest BCUT2D eigenvalue weighted by atomic mass is 32.2. The van der Waals surface area contributed by atoms with Crippen molar-refractivity contribution in [3.8, 4) is 0 Å². The maximum Gasteiger partial charge on any atom is 0.211 e. The third-order valence-corrected chi connectivity index (χ3v) is 5.67. The summed E-state index contributed by atoms with van der Waals surface area (Å²) in [4.78, 5) is 0. The van der Waals surface area contributed by atoms with Gasteiger partial charge in [0.05, 0.1) is 5.75 Å². The van der Waals surface area contributed by atoms with Gasteiger partial charge in [0.2, 0.25) is 10.0 Å². The maximum absolute atomic E-state index is 12.0. The van der Waals surface area contributed by atoms with Gasteiger partial charge in [0.1, 0.15) is 0 Å². The summed E-state index contributed by atoms with van der Waals surface area (Å²) in [5.74, 6) is 0.254. The number of nitrogens with one attached hydrogen (secondary N) is 2. The molecule has 0 spiro atoms. The highest BCUT2D eigenvalue weighted by Gasteiger charge is 2.30. The predicted molar refractivity (Wildman–Crippen MR) is 78.6 cm³/mol. The van der Waals surface area contributed by atoms with Crippen LogP contribution in [0.3, 0.4) is 0 Å². The van der Waals surface area contributed by atoms with Gasteiger partial charge in [0.25, 0.3) is 0 Å². The van der Waals surface area contributed by atoms with E-state index in [1.54, 1.807) is 0 Å². The second-order valence-corrected chi connectivity index (χ2v) is 8.85. The first-order valence-corrected chi connectivity index (χ1v) is 9.25. The molecule has 0 aromatic carbocycles. The third-order valence-electron chi connectivity index (χ3n) is 4.15. The number of hydrogen-bond acceptors (Lipinski definition) is 3. The molecule has 19 heavy (non-hydrogen) atoms. The SMILES string of the molecule is CC1(C)CCCC(NS(=O)(=O)CCCNC2CC2)C1. The molecule has 0 saturated heterocycles. The Labute approximate surface area is 117 Å². The Bertz CT molecular complexity index is 388. The molecule has 5 heteroatoms. The molecular formula is C14H28N2O2S. The Balaban J connectivity index is 1.69. The summed E-state index contributed by atoms with van der Waals surface area (Å²) in [7, 11) is -3.10. The van der Waals surface area contributed by atoms with E-state index in [1.165, 1.54) is 19.3 Å². The van der Waals surface area contributed by atoms with Gasteiger partial charge in [-0.05, 0) is 50.5 Å². The van der Waals surface area contributed by atoms with Crippen LogP contribution in [0.5, 0.6) is 0 Å². The van der Waals surface area contributed by atoms with Crippen molar-refractivity contribution in [1.29, 1.82) is 0 Å². The fourth-order valence-corrected chi connectivity index (χ4v) is 4.32. The van der Waals surface area contributed by atoms with Crippen molar-refractivity contribution in [1.82, 2.24) is 10.0 Å². The zero-order valence-corrected chi connectivity index (χ0v) is 13.1. The molecular weight excluding hydrogens is 260 g/mol. The smallest absolute Gasteiger partial charge is 0.211 e. The van der Waals surface area contributed by atoms with E-state index in [1.807, 2.05) is 0 Å². The van der Waals surface area contributed by atoms with Crippen molar-refractivity contribution in [2.24, 2.45) is 5.41 Å². The van der Waals surface area contributed by atoms with Crippen molar-refractivity contribution in [2.75, 3.05) is 12.3 Å². The van der Waals surface area contributed by atoms with Crippen molar-refractivity contribution in [3.63, 3.8) is 0 Å². The van der Waals surface area contributed by atoms with Crippen molar-refractivity contribution >= 4 is 10.0 Å². The van der Waals surface area contributed by atoms with Crippen LogP contribution in [0.15, 0.2) is 0 Å². The van der Waals surface area contributed by atoms with Gasteiger partial charge in [-0.3, -0.25) is 0 Å². The van der Waals surface area contributed by atoms with Crippen LogP contribution in [0.25, 0.3) is 0 Å². The van der Waals surface area contributed by atoms with E-state index in [-0.39, 0.29) is 17.2 Å². The Kier molecular flexibility index (Phi) is 4.90. The highest BCUT2D eigenvalue weighted by Crippen LogP contribution is 2.35. The van der Waals surface area contributed by atoms with Gasteiger partial charge in [-0.25, -0.2) is 13.1 Å². The Morgan fingerprint density at radius 2 is 1.89 bits per heavy atom. The highest BCUT2D eigenvalue weighted by molar-refractivity contribution is 7.89. The van der Waals surface area contributed by atoms with Crippen LogP contribution in [-0.2, 0) is 10.0 Å². The Hall–Kier alpha value is -0.130. The molecule has 112 valence electrons. The molecule has 2 N–H and O–H groups in total. The van der Waals surface area contributed by atoms with Crippen LogP contribution >= 0.6 is 0 Å². The molecule has 2 fully saturated rings. The van der Waals surface area contributed by atoms with Crippen LogP contribution in [0.1, 0.15) is 58.8 Å². The lowest BCUT2D eigenvalue weighted by molar-refractivity contribution is 0.212. The van der Waals surface area contributed by atoms with Gasteiger partial charge in [-0.1, -0.05) is 20.3 Å². The molecule has 1 atom stereocenters. The van der Waals surface area contributed by atoms with E-state index in [2.05, 4.69) is 23.9 Å². The number of sulfonamides is 1. The average Bonchev–Trinajstić information content (AvgIpc) is 3.06. The average molecular weight is 288 g/mol. The summed E-state index contributed by atoms with van der Waals surface area (Å²) >= 11 is 0. The topological polar surface area (TPSA) is 58.2 Å². The van der Waals surface area contributed by atoms with E-state index >= 15 is 0 Å². The van der Waals surface area contributed by atoms with Crippen molar-refractivity contribution in [2.45, 2.75) is 70.9 Å². The first kappa shape index (κ1) is 15.3. The molecule has 0 aromatic heterocycles. The van der Waals surface area contributed by atoms with E-state index in [0.29, 0.717) is 12.5 Å². The van der Waals surface area contributed by atoms with Gasteiger partial charge >= 0.3 is 0 Å². The molecule has 0 aliphatic heterocycles. The third kappa shape index (κ3) is 5.79. The monoisotopic (exact) mass is 288 g/mol. The number of hydrogen-bond donors (Lipinski definition) is 2.